The van der Waals surface area contributed by atoms with Gasteiger partial charge in [-0.15, -0.1) is 0 Å². The number of carbonyl (C=O) groups excluding carboxylic acids is 1. The smallest absolute Gasteiger partial charge is 0.190 e. The molecular weight excluding hydrogens is 304 g/mol. The molecule has 4 rings (SSSR count). The van der Waals surface area contributed by atoms with Gasteiger partial charge < -0.3 is 14.4 Å². The Balaban J connectivity index is 1.95. The SMILES string of the molecule is COc1cc2c(cc1OC)N(c1cccnc1)C1(CCCC1)C2=O. The van der Waals surface area contributed by atoms with Gasteiger partial charge in [0.15, 0.2) is 17.3 Å². The van der Waals surface area contributed by atoms with Crippen LogP contribution >= 0.6 is 0 Å². The van der Waals surface area contributed by atoms with Gasteiger partial charge in [0.05, 0.1) is 31.8 Å². The van der Waals surface area contributed by atoms with Crippen molar-refractivity contribution in [3.63, 3.8) is 0 Å². The Labute approximate surface area is 141 Å². The molecular formula is C19H20N2O3. The summed E-state index contributed by atoms with van der Waals surface area (Å²) in [7, 11) is 3.20. The van der Waals surface area contributed by atoms with Crippen LogP contribution in [0.25, 0.3) is 0 Å². The summed E-state index contributed by atoms with van der Waals surface area (Å²) in [4.78, 5) is 19.7. The third-order valence-corrected chi connectivity index (χ3v) is 5.17. The number of benzene rings is 1. The predicted octanol–water partition coefficient (Wildman–Crippen LogP) is 3.75. The van der Waals surface area contributed by atoms with Crippen molar-refractivity contribution in [1.82, 2.24) is 4.98 Å². The minimum atomic E-state index is -0.497. The van der Waals surface area contributed by atoms with Gasteiger partial charge in [-0.2, -0.15) is 0 Å². The van der Waals surface area contributed by atoms with Crippen LogP contribution in [0.1, 0.15) is 36.0 Å². The zero-order valence-corrected chi connectivity index (χ0v) is 13.9. The number of ether oxygens (including phenoxy) is 2. The minimum Gasteiger partial charge on any atom is -0.493 e. The minimum absolute atomic E-state index is 0.180. The van der Waals surface area contributed by atoms with Crippen molar-refractivity contribution in [3.8, 4) is 11.5 Å². The fraction of sp³-hybridized carbons (Fsp3) is 0.368. The molecule has 1 aliphatic carbocycles. The molecule has 0 amide bonds. The highest BCUT2D eigenvalue weighted by molar-refractivity contribution is 6.16. The molecule has 1 aliphatic heterocycles. The zero-order valence-electron chi connectivity index (χ0n) is 13.9. The molecule has 5 heteroatoms. The van der Waals surface area contributed by atoms with Crippen molar-refractivity contribution in [1.29, 1.82) is 0 Å². The number of pyridine rings is 1. The molecule has 0 saturated heterocycles. The number of hydrogen-bond acceptors (Lipinski definition) is 5. The molecule has 5 nitrogen and oxygen atoms in total. The summed E-state index contributed by atoms with van der Waals surface area (Å²) in [5.41, 5.74) is 2.03. The maximum Gasteiger partial charge on any atom is 0.190 e. The van der Waals surface area contributed by atoms with Gasteiger partial charge in [-0.1, -0.05) is 12.8 Å². The first-order valence-corrected chi connectivity index (χ1v) is 8.22. The van der Waals surface area contributed by atoms with Crippen LogP contribution < -0.4 is 14.4 Å². The summed E-state index contributed by atoms with van der Waals surface area (Å²) in [5.74, 6) is 1.40. The number of methoxy groups -OCH3 is 2. The number of ketones is 1. The quantitative estimate of drug-likeness (QED) is 0.861. The van der Waals surface area contributed by atoms with E-state index < -0.39 is 5.54 Å². The van der Waals surface area contributed by atoms with Gasteiger partial charge in [0.1, 0.15) is 5.54 Å². The van der Waals surface area contributed by atoms with E-state index in [2.05, 4.69) is 9.88 Å². The van der Waals surface area contributed by atoms with E-state index in [1.54, 1.807) is 20.4 Å². The van der Waals surface area contributed by atoms with Crippen LogP contribution in [0.3, 0.4) is 0 Å². The summed E-state index contributed by atoms with van der Waals surface area (Å²) in [5, 5.41) is 0. The molecule has 0 bridgehead atoms. The lowest BCUT2D eigenvalue weighted by Crippen LogP contribution is -2.45. The molecule has 0 unspecified atom stereocenters. The van der Waals surface area contributed by atoms with Crippen LogP contribution in [0.4, 0.5) is 11.4 Å². The van der Waals surface area contributed by atoms with Crippen LogP contribution in [-0.4, -0.2) is 30.5 Å². The van der Waals surface area contributed by atoms with Crippen molar-refractivity contribution in [2.45, 2.75) is 31.2 Å². The van der Waals surface area contributed by atoms with Gasteiger partial charge in [0.25, 0.3) is 0 Å². The molecule has 1 aromatic heterocycles. The molecule has 2 aliphatic rings. The van der Waals surface area contributed by atoms with Crippen LogP contribution in [-0.2, 0) is 0 Å². The number of hydrogen-bond donors (Lipinski definition) is 0. The Morgan fingerprint density at radius 2 is 1.83 bits per heavy atom. The predicted molar refractivity (Wildman–Crippen MR) is 91.5 cm³/mol. The highest BCUT2D eigenvalue weighted by Gasteiger charge is 2.53. The molecule has 1 saturated carbocycles. The molecule has 0 radical (unpaired) electrons. The van der Waals surface area contributed by atoms with E-state index in [9.17, 15) is 4.79 Å². The van der Waals surface area contributed by atoms with Crippen LogP contribution in [0.2, 0.25) is 0 Å². The van der Waals surface area contributed by atoms with Gasteiger partial charge in [0.2, 0.25) is 0 Å². The third kappa shape index (κ3) is 1.94. The Morgan fingerprint density at radius 1 is 1.12 bits per heavy atom. The average molecular weight is 324 g/mol. The standard InChI is InChI=1S/C19H20N2O3/c1-23-16-10-14-15(11-17(16)24-2)21(13-6-5-9-20-12-13)19(18(14)22)7-3-4-8-19/h5-6,9-12H,3-4,7-8H2,1-2H3. The normalized spacial score (nSPS) is 18.1. The maximum atomic E-state index is 13.3. The number of aromatic nitrogens is 1. The number of carbonyl (C=O) groups is 1. The number of anilines is 2. The third-order valence-electron chi connectivity index (χ3n) is 5.17. The Kier molecular flexibility index (Phi) is 3.44. The van der Waals surface area contributed by atoms with E-state index in [4.69, 9.17) is 9.47 Å². The van der Waals surface area contributed by atoms with Crippen molar-refractivity contribution >= 4 is 17.2 Å². The Hall–Kier alpha value is -2.56. The molecule has 124 valence electrons. The fourth-order valence-corrected chi connectivity index (χ4v) is 4.10. The maximum absolute atomic E-state index is 13.3. The lowest BCUT2D eigenvalue weighted by molar-refractivity contribution is 0.0909. The fourth-order valence-electron chi connectivity index (χ4n) is 4.10. The van der Waals surface area contributed by atoms with Crippen molar-refractivity contribution in [2.75, 3.05) is 19.1 Å². The first kappa shape index (κ1) is 15.0. The number of Topliss-reactive ketones (excluding diaryl/α,β-unsaturated/α-hetero) is 1. The van der Waals surface area contributed by atoms with Gasteiger partial charge in [0, 0.05) is 17.8 Å². The van der Waals surface area contributed by atoms with Crippen molar-refractivity contribution in [2.24, 2.45) is 0 Å². The van der Waals surface area contributed by atoms with Crippen molar-refractivity contribution in [3.05, 3.63) is 42.2 Å². The second-order valence-corrected chi connectivity index (χ2v) is 6.34. The number of fused-ring (bicyclic) bond motifs is 1. The van der Waals surface area contributed by atoms with E-state index in [0.717, 1.165) is 37.1 Å². The highest BCUT2D eigenvalue weighted by Crippen LogP contribution is 2.53. The average Bonchev–Trinajstić information content (AvgIpc) is 3.20. The molecule has 1 spiro atoms. The van der Waals surface area contributed by atoms with Crippen molar-refractivity contribution < 1.29 is 14.3 Å². The lowest BCUT2D eigenvalue weighted by atomic mass is 9.90. The number of rotatable bonds is 3. The van der Waals surface area contributed by atoms with Gasteiger partial charge in [-0.05, 0) is 31.0 Å². The van der Waals surface area contributed by atoms with Gasteiger partial charge >= 0.3 is 0 Å². The summed E-state index contributed by atoms with van der Waals surface area (Å²) >= 11 is 0. The molecule has 1 fully saturated rings. The molecule has 2 heterocycles. The zero-order chi connectivity index (χ0) is 16.7. The monoisotopic (exact) mass is 324 g/mol. The van der Waals surface area contributed by atoms with E-state index in [0.29, 0.717) is 17.1 Å². The molecule has 1 aromatic carbocycles. The molecule has 0 N–H and O–H groups in total. The second kappa shape index (κ2) is 5.51. The largest absolute Gasteiger partial charge is 0.493 e. The van der Waals surface area contributed by atoms with E-state index >= 15 is 0 Å². The summed E-state index contributed by atoms with van der Waals surface area (Å²) in [6.45, 7) is 0. The first-order valence-electron chi connectivity index (χ1n) is 8.22. The highest BCUT2D eigenvalue weighted by atomic mass is 16.5. The van der Waals surface area contributed by atoms with E-state index in [1.165, 1.54) is 0 Å². The Bertz CT molecular complexity index is 783. The van der Waals surface area contributed by atoms with Gasteiger partial charge in [-0.25, -0.2) is 0 Å². The summed E-state index contributed by atoms with van der Waals surface area (Å²) in [6.07, 6.45) is 7.41. The molecule has 0 atom stereocenters. The Morgan fingerprint density at radius 3 is 2.46 bits per heavy atom. The van der Waals surface area contributed by atoms with E-state index in [1.807, 2.05) is 30.5 Å². The lowest BCUT2D eigenvalue weighted by Gasteiger charge is -2.35. The van der Waals surface area contributed by atoms with Gasteiger partial charge in [-0.3, -0.25) is 9.78 Å². The summed E-state index contributed by atoms with van der Waals surface area (Å²) < 4.78 is 10.8. The van der Waals surface area contributed by atoms with E-state index in [-0.39, 0.29) is 5.78 Å². The summed E-state index contributed by atoms with van der Waals surface area (Å²) in [6, 6.07) is 7.63. The molecule has 24 heavy (non-hydrogen) atoms. The molecule has 2 aromatic rings. The van der Waals surface area contributed by atoms with Crippen LogP contribution in [0, 0.1) is 0 Å². The topological polar surface area (TPSA) is 51.7 Å². The van der Waals surface area contributed by atoms with Crippen LogP contribution in [0.5, 0.6) is 11.5 Å². The second-order valence-electron chi connectivity index (χ2n) is 6.34. The number of nitrogens with zero attached hydrogens (tertiary/aromatic N) is 2. The first-order chi connectivity index (χ1) is 11.7. The van der Waals surface area contributed by atoms with Crippen LogP contribution in [0.15, 0.2) is 36.7 Å².